The normalized spacial score (nSPS) is 10.8. The van der Waals surface area contributed by atoms with Crippen molar-refractivity contribution < 1.29 is 14.7 Å². The molecule has 0 radical (unpaired) electrons. The number of aryl methyl sites for hydroxylation is 1. The van der Waals surface area contributed by atoms with E-state index in [1.807, 2.05) is 38.1 Å². The number of benzene rings is 2. The highest BCUT2D eigenvalue weighted by atomic mass is 16.4. The molecule has 1 heterocycles. The molecule has 0 aliphatic carbocycles. The van der Waals surface area contributed by atoms with Crippen molar-refractivity contribution in [3.05, 3.63) is 76.0 Å². The van der Waals surface area contributed by atoms with Gasteiger partial charge >= 0.3 is 11.7 Å². The fourth-order valence-electron chi connectivity index (χ4n) is 3.23. The van der Waals surface area contributed by atoms with E-state index in [0.29, 0.717) is 30.8 Å². The lowest BCUT2D eigenvalue weighted by Gasteiger charge is -2.08. The van der Waals surface area contributed by atoms with Crippen LogP contribution in [0.15, 0.2) is 53.3 Å². The molecule has 2 aromatic carbocycles. The summed E-state index contributed by atoms with van der Waals surface area (Å²) in [6, 6.07) is 14.2. The highest BCUT2D eigenvalue weighted by molar-refractivity contribution is 5.95. The second-order valence-corrected chi connectivity index (χ2v) is 6.74. The average Bonchev–Trinajstić information content (AvgIpc) is 3.04. The number of hydrogen-bond donors (Lipinski definition) is 1. The molecule has 0 amide bonds. The molecule has 150 valence electrons. The standard InChI is InChI=1S/C22H23N3O4/c1-3-7-20(26)25-22(29)24(19(4-2)23-25)14-15-10-12-16(13-11-15)17-8-5-6-9-18(17)21(27)28/h5-6,8-13H,3-4,7,14H2,1-2H3,(H,27,28). The van der Waals surface area contributed by atoms with Gasteiger partial charge in [-0.05, 0) is 29.2 Å². The largest absolute Gasteiger partial charge is 0.478 e. The Kier molecular flexibility index (Phi) is 6.07. The molecule has 0 aliphatic rings. The van der Waals surface area contributed by atoms with E-state index < -0.39 is 11.7 Å². The lowest BCUT2D eigenvalue weighted by atomic mass is 9.99. The van der Waals surface area contributed by atoms with E-state index in [4.69, 9.17) is 0 Å². The molecule has 0 aliphatic heterocycles. The second kappa shape index (κ2) is 8.68. The first-order chi connectivity index (χ1) is 14.0. The summed E-state index contributed by atoms with van der Waals surface area (Å²) in [5.74, 6) is -0.723. The smallest absolute Gasteiger partial charge is 0.353 e. The first-order valence-corrected chi connectivity index (χ1v) is 9.59. The summed E-state index contributed by atoms with van der Waals surface area (Å²) in [5, 5.41) is 13.6. The van der Waals surface area contributed by atoms with Crippen molar-refractivity contribution in [2.24, 2.45) is 0 Å². The average molecular weight is 393 g/mol. The van der Waals surface area contributed by atoms with Crippen molar-refractivity contribution >= 4 is 11.9 Å². The second-order valence-electron chi connectivity index (χ2n) is 6.74. The minimum Gasteiger partial charge on any atom is -0.478 e. The van der Waals surface area contributed by atoms with Crippen molar-refractivity contribution in [3.8, 4) is 11.1 Å². The van der Waals surface area contributed by atoms with Crippen LogP contribution in [-0.4, -0.2) is 31.3 Å². The third-order valence-corrected chi connectivity index (χ3v) is 4.72. The van der Waals surface area contributed by atoms with Gasteiger partial charge in [0.2, 0.25) is 0 Å². The van der Waals surface area contributed by atoms with Crippen LogP contribution in [0.3, 0.4) is 0 Å². The van der Waals surface area contributed by atoms with Gasteiger partial charge in [-0.3, -0.25) is 9.36 Å². The number of aromatic nitrogens is 3. The molecule has 3 rings (SSSR count). The van der Waals surface area contributed by atoms with Crippen molar-refractivity contribution in [2.45, 2.75) is 39.7 Å². The lowest BCUT2D eigenvalue weighted by Crippen LogP contribution is -2.30. The van der Waals surface area contributed by atoms with Crippen molar-refractivity contribution in [3.63, 3.8) is 0 Å². The maximum Gasteiger partial charge on any atom is 0.353 e. The van der Waals surface area contributed by atoms with Crippen LogP contribution < -0.4 is 5.69 Å². The summed E-state index contributed by atoms with van der Waals surface area (Å²) in [6.07, 6.45) is 1.46. The van der Waals surface area contributed by atoms with Crippen LogP contribution in [0.4, 0.5) is 0 Å². The summed E-state index contributed by atoms with van der Waals surface area (Å²) in [7, 11) is 0. The summed E-state index contributed by atoms with van der Waals surface area (Å²) in [4.78, 5) is 36.2. The topological polar surface area (TPSA) is 94.2 Å². The zero-order valence-corrected chi connectivity index (χ0v) is 16.5. The zero-order valence-electron chi connectivity index (χ0n) is 16.5. The molecule has 7 nitrogen and oxygen atoms in total. The fourth-order valence-corrected chi connectivity index (χ4v) is 3.23. The molecule has 0 bridgehead atoms. The number of aromatic carboxylic acids is 1. The molecule has 0 spiro atoms. The van der Waals surface area contributed by atoms with Gasteiger partial charge in [-0.1, -0.05) is 56.3 Å². The molecule has 0 fully saturated rings. The van der Waals surface area contributed by atoms with E-state index in [2.05, 4.69) is 5.10 Å². The lowest BCUT2D eigenvalue weighted by molar-refractivity contribution is 0.0697. The molecule has 1 N–H and O–H groups in total. The molecule has 3 aromatic rings. The number of carbonyl (C=O) groups is 2. The van der Waals surface area contributed by atoms with Crippen LogP contribution in [0.2, 0.25) is 0 Å². The Morgan fingerprint density at radius 2 is 1.72 bits per heavy atom. The number of rotatable bonds is 7. The maximum atomic E-state index is 12.7. The summed E-state index contributed by atoms with van der Waals surface area (Å²) in [5.41, 5.74) is 2.08. The molecule has 7 heteroatoms. The number of carboxylic acid groups (broad SMARTS) is 1. The third-order valence-electron chi connectivity index (χ3n) is 4.72. The van der Waals surface area contributed by atoms with Gasteiger partial charge in [0.05, 0.1) is 12.1 Å². The maximum absolute atomic E-state index is 12.7. The fraction of sp³-hybridized carbons (Fsp3) is 0.273. The monoisotopic (exact) mass is 393 g/mol. The predicted octanol–water partition coefficient (Wildman–Crippen LogP) is 3.46. The van der Waals surface area contributed by atoms with Crippen LogP contribution in [-0.2, 0) is 13.0 Å². The van der Waals surface area contributed by atoms with Gasteiger partial charge in [-0.2, -0.15) is 0 Å². The number of hydrogen-bond acceptors (Lipinski definition) is 4. The minimum atomic E-state index is -0.979. The molecule has 0 saturated carbocycles. The Labute approximate surface area is 168 Å². The Morgan fingerprint density at radius 3 is 2.34 bits per heavy atom. The SMILES string of the molecule is CCCC(=O)n1nc(CC)n(Cc2ccc(-c3ccccc3C(=O)O)cc2)c1=O. The van der Waals surface area contributed by atoms with Crippen LogP contribution in [0.5, 0.6) is 0 Å². The Morgan fingerprint density at radius 1 is 1.03 bits per heavy atom. The summed E-state index contributed by atoms with van der Waals surface area (Å²) < 4.78 is 2.47. The van der Waals surface area contributed by atoms with Crippen LogP contribution >= 0.6 is 0 Å². The molecule has 0 atom stereocenters. The van der Waals surface area contributed by atoms with Gasteiger partial charge in [0, 0.05) is 12.8 Å². The van der Waals surface area contributed by atoms with E-state index in [1.165, 1.54) is 4.57 Å². The van der Waals surface area contributed by atoms with Crippen LogP contribution in [0.1, 0.15) is 53.2 Å². The highest BCUT2D eigenvalue weighted by Gasteiger charge is 2.17. The molecule has 1 aromatic heterocycles. The van der Waals surface area contributed by atoms with Gasteiger partial charge in [0.1, 0.15) is 5.82 Å². The molecule has 0 saturated heterocycles. The van der Waals surface area contributed by atoms with E-state index in [1.54, 1.807) is 24.3 Å². The van der Waals surface area contributed by atoms with Crippen LogP contribution in [0, 0.1) is 0 Å². The van der Waals surface area contributed by atoms with Crippen molar-refractivity contribution in [2.75, 3.05) is 0 Å². The van der Waals surface area contributed by atoms with E-state index in [9.17, 15) is 19.5 Å². The molecule has 0 unspecified atom stereocenters. The highest BCUT2D eigenvalue weighted by Crippen LogP contribution is 2.24. The summed E-state index contributed by atoms with van der Waals surface area (Å²) >= 11 is 0. The first-order valence-electron chi connectivity index (χ1n) is 9.59. The van der Waals surface area contributed by atoms with Gasteiger partial charge in [0.15, 0.2) is 0 Å². The zero-order chi connectivity index (χ0) is 21.0. The number of nitrogens with zero attached hydrogens (tertiary/aromatic N) is 3. The van der Waals surface area contributed by atoms with E-state index >= 15 is 0 Å². The van der Waals surface area contributed by atoms with Gasteiger partial charge in [-0.15, -0.1) is 9.78 Å². The van der Waals surface area contributed by atoms with Crippen molar-refractivity contribution in [1.29, 1.82) is 0 Å². The minimum absolute atomic E-state index is 0.237. The molecule has 29 heavy (non-hydrogen) atoms. The van der Waals surface area contributed by atoms with Crippen LogP contribution in [0.25, 0.3) is 11.1 Å². The molecular weight excluding hydrogens is 370 g/mol. The quantitative estimate of drug-likeness (QED) is 0.663. The third kappa shape index (κ3) is 4.18. The summed E-state index contributed by atoms with van der Waals surface area (Å²) in [6.45, 7) is 4.06. The Bertz CT molecular complexity index is 1090. The van der Waals surface area contributed by atoms with Gasteiger partial charge in [-0.25, -0.2) is 9.59 Å². The first kappa shape index (κ1) is 20.3. The van der Waals surface area contributed by atoms with E-state index in [-0.39, 0.29) is 17.9 Å². The number of carbonyl (C=O) groups excluding carboxylic acids is 1. The van der Waals surface area contributed by atoms with Gasteiger partial charge in [0.25, 0.3) is 5.91 Å². The molecular formula is C22H23N3O4. The van der Waals surface area contributed by atoms with Gasteiger partial charge < -0.3 is 5.11 Å². The number of carboxylic acids is 1. The predicted molar refractivity (Wildman–Crippen MR) is 109 cm³/mol. The Hall–Kier alpha value is -3.48. The van der Waals surface area contributed by atoms with E-state index in [0.717, 1.165) is 15.8 Å². The Balaban J connectivity index is 1.90. The van der Waals surface area contributed by atoms with Crippen molar-refractivity contribution in [1.82, 2.24) is 14.3 Å².